The van der Waals surface area contributed by atoms with Crippen molar-refractivity contribution in [2.75, 3.05) is 13.2 Å². The van der Waals surface area contributed by atoms with Gasteiger partial charge in [0.25, 0.3) is 0 Å². The Morgan fingerprint density at radius 2 is 1.74 bits per heavy atom. The van der Waals surface area contributed by atoms with Crippen LogP contribution in [-0.2, 0) is 10.0 Å². The Labute approximate surface area is 111 Å². The van der Waals surface area contributed by atoms with Crippen molar-refractivity contribution in [1.29, 1.82) is 0 Å². The second kappa shape index (κ2) is 7.52. The summed E-state index contributed by atoms with van der Waals surface area (Å²) in [6.07, 6.45) is 2.93. The lowest BCUT2D eigenvalue weighted by Gasteiger charge is -2.07. The molecule has 0 aliphatic rings. The predicted molar refractivity (Wildman–Crippen MR) is 67.1 cm³/mol. The number of nitrogens with one attached hydrogen (secondary N) is 1. The Morgan fingerprint density at radius 3 is 2.37 bits per heavy atom. The third kappa shape index (κ3) is 5.22. The van der Waals surface area contributed by atoms with E-state index in [-0.39, 0.29) is 18.0 Å². The molecule has 0 aliphatic heterocycles. The van der Waals surface area contributed by atoms with Gasteiger partial charge in [0.2, 0.25) is 10.0 Å². The van der Waals surface area contributed by atoms with Crippen molar-refractivity contribution in [1.82, 2.24) is 4.72 Å². The summed E-state index contributed by atoms with van der Waals surface area (Å²) in [6, 6.07) is 2.46. The van der Waals surface area contributed by atoms with Crippen LogP contribution in [-0.4, -0.2) is 26.7 Å². The second-order valence-electron chi connectivity index (χ2n) is 4.11. The topological polar surface area (TPSA) is 66.4 Å². The van der Waals surface area contributed by atoms with Crippen LogP contribution >= 0.6 is 0 Å². The molecule has 0 spiro atoms. The maximum absolute atomic E-state index is 12.9. The van der Waals surface area contributed by atoms with Crippen LogP contribution in [0.15, 0.2) is 23.1 Å². The average molecular weight is 293 g/mol. The van der Waals surface area contributed by atoms with Gasteiger partial charge in [-0.1, -0.05) is 12.8 Å². The van der Waals surface area contributed by atoms with E-state index >= 15 is 0 Å². The fraction of sp³-hybridized carbons (Fsp3) is 0.500. The second-order valence-corrected chi connectivity index (χ2v) is 5.88. The fourth-order valence-corrected chi connectivity index (χ4v) is 2.61. The highest BCUT2D eigenvalue weighted by molar-refractivity contribution is 7.89. The van der Waals surface area contributed by atoms with E-state index in [2.05, 4.69) is 4.72 Å². The molecule has 1 aromatic rings. The molecule has 0 aliphatic carbocycles. The molecule has 7 heteroatoms. The van der Waals surface area contributed by atoms with Gasteiger partial charge in [0.15, 0.2) is 11.6 Å². The van der Waals surface area contributed by atoms with Gasteiger partial charge in [-0.2, -0.15) is 0 Å². The number of sulfonamides is 1. The highest BCUT2D eigenvalue weighted by Gasteiger charge is 2.15. The molecule has 0 heterocycles. The summed E-state index contributed by atoms with van der Waals surface area (Å²) < 4.78 is 51.5. The summed E-state index contributed by atoms with van der Waals surface area (Å²) >= 11 is 0. The zero-order chi connectivity index (χ0) is 14.3. The summed E-state index contributed by atoms with van der Waals surface area (Å²) in [5.41, 5.74) is 0. The summed E-state index contributed by atoms with van der Waals surface area (Å²) in [5, 5.41) is 8.57. The molecule has 1 aromatic carbocycles. The predicted octanol–water partition coefficient (Wildman–Crippen LogP) is 1.80. The van der Waals surface area contributed by atoms with Crippen molar-refractivity contribution in [2.24, 2.45) is 0 Å². The van der Waals surface area contributed by atoms with Crippen molar-refractivity contribution in [2.45, 2.75) is 30.6 Å². The molecule has 0 aromatic heterocycles. The standard InChI is InChI=1S/C12H17F2NO3S/c13-11-6-5-10(9-12(11)14)19(17,18)15-7-3-1-2-4-8-16/h5-6,9,15-16H,1-4,7-8H2. The Kier molecular flexibility index (Phi) is 6.33. The maximum atomic E-state index is 12.9. The average Bonchev–Trinajstić information content (AvgIpc) is 2.36. The molecule has 4 nitrogen and oxygen atoms in total. The largest absolute Gasteiger partial charge is 0.396 e. The third-order valence-corrected chi connectivity index (χ3v) is 4.04. The number of benzene rings is 1. The maximum Gasteiger partial charge on any atom is 0.240 e. The van der Waals surface area contributed by atoms with E-state index in [0.717, 1.165) is 25.0 Å². The van der Waals surface area contributed by atoms with Crippen LogP contribution in [0.3, 0.4) is 0 Å². The number of unbranched alkanes of at least 4 members (excludes halogenated alkanes) is 3. The quantitative estimate of drug-likeness (QED) is 0.718. The first-order valence-corrected chi connectivity index (χ1v) is 7.51. The minimum absolute atomic E-state index is 0.126. The Bertz CT molecular complexity index is 506. The van der Waals surface area contributed by atoms with Crippen LogP contribution in [0.1, 0.15) is 25.7 Å². The zero-order valence-electron chi connectivity index (χ0n) is 10.4. The van der Waals surface area contributed by atoms with Crippen molar-refractivity contribution < 1.29 is 22.3 Å². The van der Waals surface area contributed by atoms with Crippen LogP contribution in [0.5, 0.6) is 0 Å². The zero-order valence-corrected chi connectivity index (χ0v) is 11.2. The first kappa shape index (κ1) is 16.0. The van der Waals surface area contributed by atoms with Gasteiger partial charge in [-0.05, 0) is 31.0 Å². The normalized spacial score (nSPS) is 11.7. The van der Waals surface area contributed by atoms with Gasteiger partial charge in [-0.25, -0.2) is 21.9 Å². The first-order valence-electron chi connectivity index (χ1n) is 6.03. The van der Waals surface area contributed by atoms with E-state index in [1.54, 1.807) is 0 Å². The van der Waals surface area contributed by atoms with Crippen molar-refractivity contribution in [3.63, 3.8) is 0 Å². The van der Waals surface area contributed by atoms with E-state index < -0.39 is 21.7 Å². The number of hydrogen-bond donors (Lipinski definition) is 2. The molecule has 19 heavy (non-hydrogen) atoms. The van der Waals surface area contributed by atoms with Crippen molar-refractivity contribution in [3.05, 3.63) is 29.8 Å². The molecule has 0 unspecified atom stereocenters. The van der Waals surface area contributed by atoms with E-state index in [0.29, 0.717) is 18.9 Å². The summed E-state index contributed by atoms with van der Waals surface area (Å²) in [6.45, 7) is 0.355. The summed E-state index contributed by atoms with van der Waals surface area (Å²) in [7, 11) is -3.80. The van der Waals surface area contributed by atoms with Crippen LogP contribution in [0.25, 0.3) is 0 Å². The highest BCUT2D eigenvalue weighted by atomic mass is 32.2. The monoisotopic (exact) mass is 293 g/mol. The van der Waals surface area contributed by atoms with E-state index in [4.69, 9.17) is 5.11 Å². The molecule has 2 N–H and O–H groups in total. The van der Waals surface area contributed by atoms with Gasteiger partial charge >= 0.3 is 0 Å². The molecule has 0 fully saturated rings. The van der Waals surface area contributed by atoms with Gasteiger partial charge in [0, 0.05) is 13.2 Å². The van der Waals surface area contributed by atoms with Gasteiger partial charge in [-0.3, -0.25) is 0 Å². The fourth-order valence-electron chi connectivity index (χ4n) is 1.52. The molecule has 0 atom stereocenters. The molecule has 0 amide bonds. The lowest BCUT2D eigenvalue weighted by atomic mass is 10.2. The third-order valence-electron chi connectivity index (χ3n) is 2.58. The van der Waals surface area contributed by atoms with Gasteiger partial charge in [0.1, 0.15) is 0 Å². The number of rotatable bonds is 8. The van der Waals surface area contributed by atoms with Gasteiger partial charge < -0.3 is 5.11 Å². The highest BCUT2D eigenvalue weighted by Crippen LogP contribution is 2.13. The van der Waals surface area contributed by atoms with E-state index in [1.165, 1.54) is 0 Å². The molecule has 0 bridgehead atoms. The number of aliphatic hydroxyl groups excluding tert-OH is 1. The molecule has 0 saturated carbocycles. The first-order chi connectivity index (χ1) is 8.97. The number of hydrogen-bond acceptors (Lipinski definition) is 3. The van der Waals surface area contributed by atoms with Crippen molar-refractivity contribution >= 4 is 10.0 Å². The van der Waals surface area contributed by atoms with E-state index in [1.807, 2.05) is 0 Å². The number of halogens is 2. The Hall–Kier alpha value is -1.05. The minimum Gasteiger partial charge on any atom is -0.396 e. The number of aliphatic hydroxyl groups is 1. The molecule has 1 rings (SSSR count). The van der Waals surface area contributed by atoms with Crippen LogP contribution < -0.4 is 4.72 Å². The van der Waals surface area contributed by atoms with Crippen LogP contribution in [0.2, 0.25) is 0 Å². The Balaban J connectivity index is 2.49. The summed E-state index contributed by atoms with van der Waals surface area (Å²) in [4.78, 5) is -0.290. The van der Waals surface area contributed by atoms with Gasteiger partial charge in [-0.15, -0.1) is 0 Å². The molecule has 0 saturated heterocycles. The smallest absolute Gasteiger partial charge is 0.240 e. The molecule has 108 valence electrons. The summed E-state index contributed by atoms with van der Waals surface area (Å²) in [5.74, 6) is -2.27. The lowest BCUT2D eigenvalue weighted by Crippen LogP contribution is -2.25. The SMILES string of the molecule is O=S(=O)(NCCCCCCO)c1ccc(F)c(F)c1. The minimum atomic E-state index is -3.80. The molecular weight excluding hydrogens is 276 g/mol. The van der Waals surface area contributed by atoms with Gasteiger partial charge in [0.05, 0.1) is 4.90 Å². The molecular formula is C12H17F2NO3S. The van der Waals surface area contributed by atoms with Crippen LogP contribution in [0, 0.1) is 11.6 Å². The lowest BCUT2D eigenvalue weighted by molar-refractivity contribution is 0.282. The Morgan fingerprint density at radius 1 is 1.05 bits per heavy atom. The van der Waals surface area contributed by atoms with Crippen LogP contribution in [0.4, 0.5) is 8.78 Å². The molecule has 0 radical (unpaired) electrons. The van der Waals surface area contributed by atoms with Crippen molar-refractivity contribution in [3.8, 4) is 0 Å². The van der Waals surface area contributed by atoms with E-state index in [9.17, 15) is 17.2 Å².